The molecule has 0 aliphatic rings. The topological polar surface area (TPSA) is 32.6 Å². The lowest BCUT2D eigenvalue weighted by Crippen LogP contribution is -2.53. The fourth-order valence-corrected chi connectivity index (χ4v) is 12.1. The fourth-order valence-electron chi connectivity index (χ4n) is 6.25. The molecule has 4 rings (SSSR count). The van der Waals surface area contributed by atoms with Crippen LogP contribution in [0, 0.1) is 63.6 Å². The third-order valence-corrected chi connectivity index (χ3v) is 13.9. The van der Waals surface area contributed by atoms with Gasteiger partial charge in [-0.2, -0.15) is 4.36 Å². The summed E-state index contributed by atoms with van der Waals surface area (Å²) in [5, 5.41) is -0.300. The van der Waals surface area contributed by atoms with E-state index in [9.17, 15) is 13.3 Å². The van der Waals surface area contributed by atoms with Crippen LogP contribution in [0.3, 0.4) is 0 Å². The monoisotopic (exact) mass is 843 g/mol. The van der Waals surface area contributed by atoms with Crippen LogP contribution < -0.4 is 16.2 Å². The van der Waals surface area contributed by atoms with E-state index < -0.39 is 120 Å². The van der Waals surface area contributed by atoms with Gasteiger partial charge >= 0.3 is 0 Å². The van der Waals surface area contributed by atoms with Crippen molar-refractivity contribution in [3.05, 3.63) is 129 Å². The Morgan fingerprint density at radius 2 is 0.912 bits per heavy atom. The van der Waals surface area contributed by atoms with Gasteiger partial charge in [0.15, 0.2) is 58.2 Å². The number of rotatable bonds is 7. The van der Waals surface area contributed by atoms with Crippen molar-refractivity contribution in [1.29, 1.82) is 0 Å². The Labute approximate surface area is 331 Å². The second-order valence-electron chi connectivity index (χ2n) is 18.0. The molecule has 0 heterocycles. The number of hydrogen-bond acceptors (Lipinski definition) is 1. The van der Waals surface area contributed by atoms with Crippen LogP contribution in [0.15, 0.2) is 58.1 Å². The molecule has 0 fully saturated rings. The van der Waals surface area contributed by atoms with E-state index in [2.05, 4.69) is 4.36 Å². The van der Waals surface area contributed by atoms with Crippen molar-refractivity contribution < 1.29 is 48.5 Å². The van der Waals surface area contributed by atoms with Crippen molar-refractivity contribution in [2.75, 3.05) is 0 Å². The zero-order chi connectivity index (χ0) is 43.5. The van der Waals surface area contributed by atoms with E-state index in [1.807, 2.05) is 74.4 Å². The molecule has 0 radical (unpaired) electrons. The molecule has 0 spiro atoms. The molecule has 2 unspecified atom stereocenters. The molecule has 0 aromatic heterocycles. The summed E-state index contributed by atoms with van der Waals surface area (Å²) in [6, 6.07) is 11.6. The molecule has 0 aliphatic heterocycles. The zero-order valence-corrected chi connectivity index (χ0v) is 35.4. The standard InChI is InChI=1S/C42H45BF10NOPS/c1-39(2,3)20-25(43(26-28(44)32(48)36(52)33(49)29(26)45)27-30(46)34(50)37(53)35(51)31(27)47)56(57(55)54-22-16-14-13-15-17-22)38-23(41(7,8)9)18-21(40(4,5)6)19-24(38)42(10,11)12/h13-20H,1-12H3,(H,54,55)/b25-20+. The summed E-state index contributed by atoms with van der Waals surface area (Å²) in [6.07, 6.45) is 1.22. The first-order valence-corrected chi connectivity index (χ1v) is 21.0. The largest absolute Gasteiger partial charge is 0.318 e. The van der Waals surface area contributed by atoms with Gasteiger partial charge in [0.05, 0.1) is 16.3 Å². The Bertz CT molecular complexity index is 2110. The molecule has 4 aromatic rings. The number of allylic oxidation sites excluding steroid dienone is 1. The summed E-state index contributed by atoms with van der Waals surface area (Å²) in [5.41, 5.74) is -5.12. The molecule has 2 nitrogen and oxygen atoms in total. The van der Waals surface area contributed by atoms with Crippen LogP contribution in [0.25, 0.3) is 0 Å². The summed E-state index contributed by atoms with van der Waals surface area (Å²) >= 11 is 0. The SMILES string of the molecule is CC(C)(C)/C=C(\B(c1c(F)c(F)c(F)c(F)c1F)c1c(F)c(F)c(F)c(F)c1F)P(c1c(C(C)(C)C)cc(C(C)(C)C)cc1C(C)(C)C)S(O)=Nc1ccccc1. The van der Waals surface area contributed by atoms with Gasteiger partial charge in [-0.3, -0.25) is 0 Å². The molecular weight excluding hydrogens is 798 g/mol. The van der Waals surface area contributed by atoms with Crippen molar-refractivity contribution in [2.24, 2.45) is 9.78 Å². The molecule has 15 heteroatoms. The van der Waals surface area contributed by atoms with E-state index in [0.29, 0.717) is 11.1 Å². The van der Waals surface area contributed by atoms with E-state index in [1.54, 1.807) is 18.2 Å². The normalized spacial score (nSPS) is 14.3. The van der Waals surface area contributed by atoms with Crippen molar-refractivity contribution >= 4 is 46.3 Å². The Morgan fingerprint density at radius 1 is 0.561 bits per heavy atom. The van der Waals surface area contributed by atoms with Crippen molar-refractivity contribution in [1.82, 2.24) is 0 Å². The van der Waals surface area contributed by atoms with Gasteiger partial charge in [-0.1, -0.05) is 125 Å². The molecular formula is C42H45BF10NOPS. The lowest BCUT2D eigenvalue weighted by atomic mass is 9.39. The van der Waals surface area contributed by atoms with Crippen molar-refractivity contribution in [2.45, 2.75) is 99.3 Å². The van der Waals surface area contributed by atoms with Gasteiger partial charge in [0.25, 0.3) is 6.71 Å². The molecule has 57 heavy (non-hydrogen) atoms. The molecule has 0 saturated carbocycles. The van der Waals surface area contributed by atoms with Gasteiger partial charge in [0.2, 0.25) is 0 Å². The van der Waals surface area contributed by atoms with Gasteiger partial charge in [-0.15, -0.1) is 0 Å². The minimum absolute atomic E-state index is 0.177. The van der Waals surface area contributed by atoms with Gasteiger partial charge in [0, 0.05) is 23.4 Å². The molecule has 1 N–H and O–H groups in total. The van der Waals surface area contributed by atoms with Gasteiger partial charge in [-0.25, -0.2) is 43.9 Å². The first-order valence-electron chi connectivity index (χ1n) is 17.9. The summed E-state index contributed by atoms with van der Waals surface area (Å²) in [6.45, 7) is 18.6. The quantitative estimate of drug-likeness (QED) is 0.0649. The fraction of sp³-hybridized carbons (Fsp3) is 0.381. The summed E-state index contributed by atoms with van der Waals surface area (Å²) in [4.78, 5) is 0. The van der Waals surface area contributed by atoms with Crippen LogP contribution in [-0.4, -0.2) is 11.3 Å². The maximum atomic E-state index is 16.3. The van der Waals surface area contributed by atoms with Crippen molar-refractivity contribution in [3.8, 4) is 0 Å². The van der Waals surface area contributed by atoms with E-state index in [-0.39, 0.29) is 11.0 Å². The third kappa shape index (κ3) is 9.39. The second kappa shape index (κ2) is 16.3. The van der Waals surface area contributed by atoms with Crippen molar-refractivity contribution in [3.63, 3.8) is 0 Å². The van der Waals surface area contributed by atoms with Crippen LogP contribution in [0.5, 0.6) is 0 Å². The van der Waals surface area contributed by atoms with Crippen LogP contribution in [0.2, 0.25) is 0 Å². The van der Waals surface area contributed by atoms with E-state index >= 15 is 35.1 Å². The predicted molar refractivity (Wildman–Crippen MR) is 213 cm³/mol. The molecule has 2 atom stereocenters. The molecule has 0 aliphatic carbocycles. The molecule has 308 valence electrons. The van der Waals surface area contributed by atoms with Crippen LogP contribution >= 0.6 is 7.12 Å². The number of benzene rings is 4. The lowest BCUT2D eigenvalue weighted by Gasteiger charge is -2.38. The number of halogens is 10. The lowest BCUT2D eigenvalue weighted by molar-refractivity contribution is 0.382. The second-order valence-corrected chi connectivity index (χ2v) is 22.3. The maximum absolute atomic E-state index is 16.3. The van der Waals surface area contributed by atoms with Gasteiger partial charge < -0.3 is 4.55 Å². The Kier molecular flexibility index (Phi) is 13.2. The Hall–Kier alpha value is -3.48. The highest BCUT2D eigenvalue weighted by atomic mass is 32.7. The highest BCUT2D eigenvalue weighted by Gasteiger charge is 2.47. The van der Waals surface area contributed by atoms with E-state index in [1.165, 1.54) is 39.0 Å². The Balaban J connectivity index is 2.49. The summed E-state index contributed by atoms with van der Waals surface area (Å²) in [7, 11) is -5.25. The van der Waals surface area contributed by atoms with Crippen LogP contribution in [0.1, 0.15) is 99.8 Å². The average Bonchev–Trinajstić information content (AvgIpc) is 3.09. The minimum atomic E-state index is -2.90. The molecule has 4 aromatic carbocycles. The summed E-state index contributed by atoms with van der Waals surface area (Å²) < 4.78 is 172. The first kappa shape index (κ1) is 46.2. The average molecular weight is 844 g/mol. The Morgan fingerprint density at radius 3 is 1.23 bits per heavy atom. The smallest absolute Gasteiger partial charge is 0.258 e. The summed E-state index contributed by atoms with van der Waals surface area (Å²) in [5.74, 6) is -25.6. The highest BCUT2D eigenvalue weighted by molar-refractivity contribution is 8.49. The van der Waals surface area contributed by atoms with E-state index in [4.69, 9.17) is 0 Å². The maximum Gasteiger partial charge on any atom is 0.258 e. The number of nitrogens with zero attached hydrogens (tertiary/aromatic N) is 1. The van der Waals surface area contributed by atoms with E-state index in [0.717, 1.165) is 5.56 Å². The van der Waals surface area contributed by atoms with Gasteiger partial charge in [0.1, 0.15) is 0 Å². The predicted octanol–water partition coefficient (Wildman–Crippen LogP) is 12.4. The minimum Gasteiger partial charge on any atom is -0.318 e. The zero-order valence-electron chi connectivity index (χ0n) is 33.7. The third-order valence-electron chi connectivity index (χ3n) is 9.08. The van der Waals surface area contributed by atoms with Crippen LogP contribution in [-0.2, 0) is 26.8 Å². The number of hydrogen-bond donors (Lipinski definition) is 1. The van der Waals surface area contributed by atoms with Crippen LogP contribution in [0.4, 0.5) is 49.6 Å². The molecule has 0 bridgehead atoms. The first-order chi connectivity index (χ1) is 25.9. The molecule has 0 saturated heterocycles. The highest BCUT2D eigenvalue weighted by Crippen LogP contribution is 2.55. The van der Waals surface area contributed by atoms with Gasteiger partial charge in [-0.05, 0) is 50.5 Å². The molecule has 0 amide bonds.